The molecule has 0 aliphatic rings. The fraction of sp³-hybridized carbons (Fsp3) is 0.750. The van der Waals surface area contributed by atoms with E-state index >= 15 is 0 Å². The van der Waals surface area contributed by atoms with Crippen molar-refractivity contribution in [3.8, 4) is 0 Å². The molecule has 0 saturated heterocycles. The minimum Gasteiger partial charge on any atom is -0.382 e. The lowest BCUT2D eigenvalue weighted by molar-refractivity contribution is 0.143. The number of unbranched alkanes of at least 4 members (excludes halogenated alkanes) is 1. The molecule has 1 aromatic heterocycles. The molecule has 0 bridgehead atoms. The maximum Gasteiger partial charge on any atom is 0.191 e. The minimum atomic E-state index is 0.799. The molecule has 6 heteroatoms. The second-order valence-electron chi connectivity index (χ2n) is 5.22. The van der Waals surface area contributed by atoms with Crippen molar-refractivity contribution in [3.05, 3.63) is 17.5 Å². The number of guanidine groups is 1. The number of aromatic amines is 1. The highest BCUT2D eigenvalue weighted by molar-refractivity contribution is 5.79. The molecule has 6 nitrogen and oxygen atoms in total. The molecule has 0 spiro atoms. The monoisotopic (exact) mass is 309 g/mol. The van der Waals surface area contributed by atoms with Crippen LogP contribution < -0.4 is 10.6 Å². The van der Waals surface area contributed by atoms with E-state index in [9.17, 15) is 0 Å². The van der Waals surface area contributed by atoms with Crippen LogP contribution in [0.15, 0.2) is 11.2 Å². The molecule has 1 rings (SSSR count). The van der Waals surface area contributed by atoms with Gasteiger partial charge in [-0.3, -0.25) is 10.1 Å². The van der Waals surface area contributed by atoms with Crippen LogP contribution in [0.5, 0.6) is 0 Å². The SMILES string of the molecule is CCNC(=NCCCc1cn[nH]c1C)NCCCCOCC. The van der Waals surface area contributed by atoms with Gasteiger partial charge in [0.25, 0.3) is 0 Å². The Morgan fingerprint density at radius 2 is 2.14 bits per heavy atom. The van der Waals surface area contributed by atoms with Crippen LogP contribution in [0.25, 0.3) is 0 Å². The molecule has 0 atom stereocenters. The summed E-state index contributed by atoms with van der Waals surface area (Å²) in [5.74, 6) is 0.905. The maximum absolute atomic E-state index is 5.33. The first-order valence-electron chi connectivity index (χ1n) is 8.36. The van der Waals surface area contributed by atoms with Crippen LogP contribution >= 0.6 is 0 Å². The van der Waals surface area contributed by atoms with Crippen molar-refractivity contribution < 1.29 is 4.74 Å². The van der Waals surface area contributed by atoms with Gasteiger partial charge in [0.2, 0.25) is 0 Å². The molecule has 0 amide bonds. The summed E-state index contributed by atoms with van der Waals surface area (Å²) in [6.45, 7) is 10.4. The first-order chi connectivity index (χ1) is 10.8. The molecule has 0 aromatic carbocycles. The van der Waals surface area contributed by atoms with Crippen LogP contribution in [-0.2, 0) is 11.2 Å². The standard InChI is InChI=1S/C16H31N5O/c1-4-17-16(18-10-6-7-12-22-5-2)19-11-8-9-15-13-20-21-14(15)3/h13H,4-12H2,1-3H3,(H,20,21)(H2,17,18,19). The third kappa shape index (κ3) is 8.02. The van der Waals surface area contributed by atoms with Crippen LogP contribution in [0.4, 0.5) is 0 Å². The summed E-state index contributed by atoms with van der Waals surface area (Å²) >= 11 is 0. The number of ether oxygens (including phenoxy) is 1. The number of aromatic nitrogens is 2. The molecular formula is C16H31N5O. The average molecular weight is 309 g/mol. The van der Waals surface area contributed by atoms with Crippen LogP contribution in [0.3, 0.4) is 0 Å². The van der Waals surface area contributed by atoms with E-state index < -0.39 is 0 Å². The van der Waals surface area contributed by atoms with Crippen LogP contribution in [0, 0.1) is 6.92 Å². The first kappa shape index (κ1) is 18.5. The number of nitrogens with one attached hydrogen (secondary N) is 3. The molecule has 22 heavy (non-hydrogen) atoms. The number of H-pyrrole nitrogens is 1. The van der Waals surface area contributed by atoms with E-state index in [-0.39, 0.29) is 0 Å². The highest BCUT2D eigenvalue weighted by atomic mass is 16.5. The zero-order chi connectivity index (χ0) is 16.0. The molecule has 1 aromatic rings. The quantitative estimate of drug-likeness (QED) is 0.332. The highest BCUT2D eigenvalue weighted by Gasteiger charge is 2.00. The van der Waals surface area contributed by atoms with Crippen molar-refractivity contribution in [2.24, 2.45) is 4.99 Å². The van der Waals surface area contributed by atoms with Crippen molar-refractivity contribution in [2.75, 3.05) is 32.8 Å². The lowest BCUT2D eigenvalue weighted by Gasteiger charge is -2.11. The summed E-state index contributed by atoms with van der Waals surface area (Å²) in [6.07, 6.45) is 6.13. The molecule has 0 aliphatic heterocycles. The number of aliphatic imine (C=N–C) groups is 1. The number of hydrogen-bond donors (Lipinski definition) is 3. The molecule has 1 heterocycles. The number of hydrogen-bond acceptors (Lipinski definition) is 3. The Balaban J connectivity index is 2.19. The average Bonchev–Trinajstić information content (AvgIpc) is 2.92. The van der Waals surface area contributed by atoms with Crippen molar-refractivity contribution in [1.29, 1.82) is 0 Å². The Morgan fingerprint density at radius 3 is 2.82 bits per heavy atom. The number of rotatable bonds is 11. The fourth-order valence-electron chi connectivity index (χ4n) is 2.11. The summed E-state index contributed by atoms with van der Waals surface area (Å²) in [4.78, 5) is 4.61. The van der Waals surface area contributed by atoms with Gasteiger partial charge in [0.05, 0.1) is 6.20 Å². The molecule has 0 aliphatic carbocycles. The Bertz CT molecular complexity index is 416. The molecule has 0 fully saturated rings. The first-order valence-corrected chi connectivity index (χ1v) is 8.36. The van der Waals surface area contributed by atoms with Crippen LogP contribution in [0.2, 0.25) is 0 Å². The molecule has 0 unspecified atom stereocenters. The number of aryl methyl sites for hydroxylation is 2. The van der Waals surface area contributed by atoms with E-state index in [1.165, 1.54) is 5.56 Å². The van der Waals surface area contributed by atoms with Gasteiger partial charge in [0.1, 0.15) is 0 Å². The predicted octanol–water partition coefficient (Wildman–Crippen LogP) is 2.02. The topological polar surface area (TPSA) is 74.3 Å². The number of nitrogens with zero attached hydrogens (tertiary/aromatic N) is 2. The Morgan fingerprint density at radius 1 is 1.27 bits per heavy atom. The lowest BCUT2D eigenvalue weighted by Crippen LogP contribution is -2.38. The molecule has 0 radical (unpaired) electrons. The van der Waals surface area contributed by atoms with E-state index in [2.05, 4.69) is 39.7 Å². The van der Waals surface area contributed by atoms with Crippen LogP contribution in [-0.4, -0.2) is 49.0 Å². The predicted molar refractivity (Wildman–Crippen MR) is 91.4 cm³/mol. The van der Waals surface area contributed by atoms with Gasteiger partial charge in [-0.15, -0.1) is 0 Å². The third-order valence-corrected chi connectivity index (χ3v) is 3.36. The third-order valence-electron chi connectivity index (χ3n) is 3.36. The van der Waals surface area contributed by atoms with E-state index in [1.807, 2.05) is 13.1 Å². The fourth-order valence-corrected chi connectivity index (χ4v) is 2.11. The van der Waals surface area contributed by atoms with E-state index in [4.69, 9.17) is 4.74 Å². The van der Waals surface area contributed by atoms with Crippen molar-refractivity contribution >= 4 is 5.96 Å². The van der Waals surface area contributed by atoms with Crippen molar-refractivity contribution in [1.82, 2.24) is 20.8 Å². The van der Waals surface area contributed by atoms with Crippen molar-refractivity contribution in [3.63, 3.8) is 0 Å². The Kier molecular flexibility index (Phi) is 10.1. The smallest absolute Gasteiger partial charge is 0.191 e. The van der Waals surface area contributed by atoms with Gasteiger partial charge < -0.3 is 15.4 Å². The zero-order valence-corrected chi connectivity index (χ0v) is 14.2. The molecule has 3 N–H and O–H groups in total. The van der Waals surface area contributed by atoms with E-state index in [0.717, 1.165) is 70.2 Å². The summed E-state index contributed by atoms with van der Waals surface area (Å²) < 4.78 is 5.33. The molecule has 0 saturated carbocycles. The maximum atomic E-state index is 5.33. The second-order valence-corrected chi connectivity index (χ2v) is 5.22. The molecule has 126 valence electrons. The van der Waals surface area contributed by atoms with Crippen molar-refractivity contribution in [2.45, 2.75) is 46.5 Å². The lowest BCUT2D eigenvalue weighted by atomic mass is 10.1. The largest absolute Gasteiger partial charge is 0.382 e. The summed E-state index contributed by atoms with van der Waals surface area (Å²) in [5, 5.41) is 13.7. The summed E-state index contributed by atoms with van der Waals surface area (Å²) in [5.41, 5.74) is 2.44. The summed E-state index contributed by atoms with van der Waals surface area (Å²) in [6, 6.07) is 0. The van der Waals surface area contributed by atoms with Gasteiger partial charge in [0, 0.05) is 38.5 Å². The van der Waals surface area contributed by atoms with E-state index in [0.29, 0.717) is 0 Å². The Labute approximate surface area is 134 Å². The van der Waals surface area contributed by atoms with Gasteiger partial charge >= 0.3 is 0 Å². The van der Waals surface area contributed by atoms with E-state index in [1.54, 1.807) is 0 Å². The zero-order valence-electron chi connectivity index (χ0n) is 14.2. The van der Waals surface area contributed by atoms with Gasteiger partial charge in [-0.05, 0) is 52.0 Å². The van der Waals surface area contributed by atoms with Gasteiger partial charge in [0.15, 0.2) is 5.96 Å². The van der Waals surface area contributed by atoms with Gasteiger partial charge in [-0.25, -0.2) is 0 Å². The molecular weight excluding hydrogens is 278 g/mol. The van der Waals surface area contributed by atoms with Gasteiger partial charge in [-0.1, -0.05) is 0 Å². The minimum absolute atomic E-state index is 0.799. The highest BCUT2D eigenvalue weighted by Crippen LogP contribution is 2.05. The van der Waals surface area contributed by atoms with Crippen LogP contribution in [0.1, 0.15) is 44.4 Å². The Hall–Kier alpha value is -1.56. The normalized spacial score (nSPS) is 11.7. The van der Waals surface area contributed by atoms with Gasteiger partial charge in [-0.2, -0.15) is 5.10 Å². The second kappa shape index (κ2) is 12.0. The summed E-state index contributed by atoms with van der Waals surface area (Å²) in [7, 11) is 0.